The average molecular weight is 233 g/mol. The van der Waals surface area contributed by atoms with E-state index in [1.165, 1.54) is 19.3 Å². The van der Waals surface area contributed by atoms with Crippen molar-refractivity contribution < 1.29 is 9.90 Å². The Hall–Kier alpha value is -1.51. The highest BCUT2D eigenvalue weighted by atomic mass is 16.4. The molecule has 1 fully saturated rings. The molecule has 3 nitrogen and oxygen atoms in total. The molecule has 0 bridgehead atoms. The van der Waals surface area contributed by atoms with E-state index in [1.54, 1.807) is 12.1 Å². The van der Waals surface area contributed by atoms with E-state index in [0.717, 1.165) is 23.7 Å². The van der Waals surface area contributed by atoms with Crippen LogP contribution < -0.4 is 4.90 Å². The molecule has 92 valence electrons. The van der Waals surface area contributed by atoms with Crippen LogP contribution in [0.3, 0.4) is 0 Å². The van der Waals surface area contributed by atoms with Gasteiger partial charge in [-0.15, -0.1) is 0 Å². The molecular weight excluding hydrogens is 214 g/mol. The maximum atomic E-state index is 10.9. The molecule has 1 saturated carbocycles. The van der Waals surface area contributed by atoms with Gasteiger partial charge in [0.15, 0.2) is 0 Å². The summed E-state index contributed by atoms with van der Waals surface area (Å²) in [6.07, 6.45) is 4.02. The van der Waals surface area contributed by atoms with Gasteiger partial charge in [0.2, 0.25) is 0 Å². The Morgan fingerprint density at radius 1 is 1.47 bits per heavy atom. The molecule has 1 N–H and O–H groups in total. The Morgan fingerprint density at radius 2 is 2.18 bits per heavy atom. The third-order valence-electron chi connectivity index (χ3n) is 3.61. The zero-order chi connectivity index (χ0) is 12.4. The maximum Gasteiger partial charge on any atom is 0.335 e. The van der Waals surface area contributed by atoms with Crippen LogP contribution in [0.25, 0.3) is 0 Å². The SMILES string of the molecule is Cc1cc(C(=O)O)ccc1N(C)CC1CCC1. The number of aryl methyl sites for hydroxylation is 1. The van der Waals surface area contributed by atoms with Gasteiger partial charge >= 0.3 is 5.97 Å². The monoisotopic (exact) mass is 233 g/mol. The molecule has 1 aromatic carbocycles. The number of carboxylic acids is 1. The van der Waals surface area contributed by atoms with E-state index in [9.17, 15) is 4.79 Å². The topological polar surface area (TPSA) is 40.5 Å². The van der Waals surface area contributed by atoms with Gasteiger partial charge < -0.3 is 10.0 Å². The van der Waals surface area contributed by atoms with Crippen LogP contribution in [0.1, 0.15) is 35.2 Å². The Morgan fingerprint density at radius 3 is 2.65 bits per heavy atom. The highest BCUT2D eigenvalue weighted by molar-refractivity contribution is 5.88. The Labute approximate surface area is 102 Å². The minimum absolute atomic E-state index is 0.364. The van der Waals surface area contributed by atoms with Crippen molar-refractivity contribution in [2.45, 2.75) is 26.2 Å². The number of anilines is 1. The second-order valence-electron chi connectivity index (χ2n) is 4.98. The summed E-state index contributed by atoms with van der Waals surface area (Å²) in [5.41, 5.74) is 2.54. The molecule has 0 aliphatic heterocycles. The molecule has 1 aliphatic rings. The van der Waals surface area contributed by atoms with Crippen molar-refractivity contribution in [1.29, 1.82) is 0 Å². The lowest BCUT2D eigenvalue weighted by Gasteiger charge is -2.32. The molecule has 2 rings (SSSR count). The largest absolute Gasteiger partial charge is 0.478 e. The fourth-order valence-corrected chi connectivity index (χ4v) is 2.38. The van der Waals surface area contributed by atoms with E-state index < -0.39 is 5.97 Å². The van der Waals surface area contributed by atoms with Crippen LogP contribution >= 0.6 is 0 Å². The lowest BCUT2D eigenvalue weighted by Crippen LogP contribution is -2.29. The predicted octanol–water partition coefficient (Wildman–Crippen LogP) is 2.93. The van der Waals surface area contributed by atoms with Gasteiger partial charge in [-0.1, -0.05) is 6.42 Å². The van der Waals surface area contributed by atoms with E-state index in [4.69, 9.17) is 5.11 Å². The first kappa shape index (κ1) is 12.0. The van der Waals surface area contributed by atoms with E-state index in [2.05, 4.69) is 11.9 Å². The van der Waals surface area contributed by atoms with Gasteiger partial charge in [-0.05, 0) is 49.4 Å². The first-order chi connectivity index (χ1) is 8.08. The smallest absolute Gasteiger partial charge is 0.335 e. The van der Waals surface area contributed by atoms with E-state index in [0.29, 0.717) is 5.56 Å². The number of carboxylic acid groups (broad SMARTS) is 1. The van der Waals surface area contributed by atoms with Crippen LogP contribution in [-0.2, 0) is 0 Å². The summed E-state index contributed by atoms with van der Waals surface area (Å²) in [5, 5.41) is 8.92. The van der Waals surface area contributed by atoms with Crippen molar-refractivity contribution in [2.75, 3.05) is 18.5 Å². The summed E-state index contributed by atoms with van der Waals surface area (Å²) in [5.74, 6) is -0.0418. The lowest BCUT2D eigenvalue weighted by molar-refractivity contribution is 0.0697. The van der Waals surface area contributed by atoms with Crippen molar-refractivity contribution in [3.8, 4) is 0 Å². The van der Waals surface area contributed by atoms with Gasteiger partial charge in [0.1, 0.15) is 0 Å². The zero-order valence-electron chi connectivity index (χ0n) is 10.4. The Kier molecular flexibility index (Phi) is 3.36. The van der Waals surface area contributed by atoms with Gasteiger partial charge in [0, 0.05) is 19.3 Å². The van der Waals surface area contributed by atoms with Crippen LogP contribution in [0.2, 0.25) is 0 Å². The molecule has 0 aromatic heterocycles. The van der Waals surface area contributed by atoms with Gasteiger partial charge in [-0.3, -0.25) is 0 Å². The molecule has 0 saturated heterocycles. The average Bonchev–Trinajstić information content (AvgIpc) is 2.22. The summed E-state index contributed by atoms with van der Waals surface area (Å²) in [4.78, 5) is 13.1. The van der Waals surface area contributed by atoms with Crippen molar-refractivity contribution in [3.63, 3.8) is 0 Å². The minimum Gasteiger partial charge on any atom is -0.478 e. The van der Waals surface area contributed by atoms with Crippen molar-refractivity contribution in [3.05, 3.63) is 29.3 Å². The Balaban J connectivity index is 2.11. The van der Waals surface area contributed by atoms with Crippen LogP contribution in [0.15, 0.2) is 18.2 Å². The molecule has 0 amide bonds. The Bertz CT molecular complexity index is 424. The fraction of sp³-hybridized carbons (Fsp3) is 0.500. The van der Waals surface area contributed by atoms with Crippen LogP contribution in [0, 0.1) is 12.8 Å². The molecule has 17 heavy (non-hydrogen) atoms. The second-order valence-corrected chi connectivity index (χ2v) is 4.98. The number of hydrogen-bond donors (Lipinski definition) is 1. The van der Waals surface area contributed by atoms with Gasteiger partial charge in [0.25, 0.3) is 0 Å². The minimum atomic E-state index is -0.860. The van der Waals surface area contributed by atoms with Gasteiger partial charge in [-0.25, -0.2) is 4.79 Å². The van der Waals surface area contributed by atoms with E-state index in [1.807, 2.05) is 13.0 Å². The number of nitrogens with zero attached hydrogens (tertiary/aromatic N) is 1. The summed E-state index contributed by atoms with van der Waals surface area (Å²) in [6.45, 7) is 3.05. The molecule has 0 unspecified atom stereocenters. The van der Waals surface area contributed by atoms with Crippen molar-refractivity contribution in [1.82, 2.24) is 0 Å². The maximum absolute atomic E-state index is 10.9. The predicted molar refractivity (Wildman–Crippen MR) is 68.7 cm³/mol. The second kappa shape index (κ2) is 4.78. The quantitative estimate of drug-likeness (QED) is 0.869. The molecule has 0 radical (unpaired) electrons. The van der Waals surface area contributed by atoms with Crippen LogP contribution in [-0.4, -0.2) is 24.7 Å². The van der Waals surface area contributed by atoms with Crippen LogP contribution in [0.5, 0.6) is 0 Å². The highest BCUT2D eigenvalue weighted by Crippen LogP contribution is 2.29. The first-order valence-corrected chi connectivity index (χ1v) is 6.13. The van der Waals surface area contributed by atoms with Crippen LogP contribution in [0.4, 0.5) is 5.69 Å². The summed E-state index contributed by atoms with van der Waals surface area (Å²) in [6, 6.07) is 5.34. The molecule has 0 heterocycles. The van der Waals surface area contributed by atoms with E-state index in [-0.39, 0.29) is 0 Å². The standard InChI is InChI=1S/C14H19NO2/c1-10-8-12(14(16)17)6-7-13(10)15(2)9-11-4-3-5-11/h6-8,11H,3-5,9H2,1-2H3,(H,16,17). The molecule has 3 heteroatoms. The zero-order valence-corrected chi connectivity index (χ0v) is 10.4. The summed E-state index contributed by atoms with van der Waals surface area (Å²) >= 11 is 0. The number of benzene rings is 1. The molecule has 1 aromatic rings. The van der Waals surface area contributed by atoms with Gasteiger partial charge in [0.05, 0.1) is 5.56 Å². The highest BCUT2D eigenvalue weighted by Gasteiger charge is 2.20. The molecular formula is C14H19NO2. The summed E-state index contributed by atoms with van der Waals surface area (Å²) in [7, 11) is 2.08. The summed E-state index contributed by atoms with van der Waals surface area (Å²) < 4.78 is 0. The first-order valence-electron chi connectivity index (χ1n) is 6.13. The van der Waals surface area contributed by atoms with Crippen molar-refractivity contribution >= 4 is 11.7 Å². The normalized spacial score (nSPS) is 15.4. The fourth-order valence-electron chi connectivity index (χ4n) is 2.38. The number of hydrogen-bond acceptors (Lipinski definition) is 2. The number of rotatable bonds is 4. The molecule has 0 atom stereocenters. The van der Waals surface area contributed by atoms with E-state index >= 15 is 0 Å². The number of aromatic carboxylic acids is 1. The number of carbonyl (C=O) groups is 1. The van der Waals surface area contributed by atoms with Gasteiger partial charge in [-0.2, -0.15) is 0 Å². The molecule has 0 spiro atoms. The van der Waals surface area contributed by atoms with Crippen molar-refractivity contribution in [2.24, 2.45) is 5.92 Å². The molecule has 1 aliphatic carbocycles. The lowest BCUT2D eigenvalue weighted by atomic mass is 9.85. The third kappa shape index (κ3) is 2.60. The third-order valence-corrected chi connectivity index (χ3v) is 3.61.